The van der Waals surface area contributed by atoms with Crippen molar-refractivity contribution in [1.82, 2.24) is 10.2 Å². The molecule has 0 aliphatic carbocycles. The van der Waals surface area contributed by atoms with Crippen LogP contribution < -0.4 is 5.32 Å². The number of hydrogen-bond acceptors (Lipinski definition) is 2. The summed E-state index contributed by atoms with van der Waals surface area (Å²) in [5, 5.41) is 3.52. The van der Waals surface area contributed by atoms with Gasteiger partial charge < -0.3 is 10.2 Å². The van der Waals surface area contributed by atoms with Crippen molar-refractivity contribution in [3.63, 3.8) is 0 Å². The fourth-order valence-corrected chi connectivity index (χ4v) is 2.32. The summed E-state index contributed by atoms with van der Waals surface area (Å²) in [5.74, 6) is 0. The molecule has 0 saturated heterocycles. The molecule has 0 aliphatic heterocycles. The van der Waals surface area contributed by atoms with Crippen molar-refractivity contribution < 1.29 is 0 Å². The summed E-state index contributed by atoms with van der Waals surface area (Å²) in [6, 6.07) is 8.57. The summed E-state index contributed by atoms with van der Waals surface area (Å²) >= 11 is 3.47. The van der Waals surface area contributed by atoms with Gasteiger partial charge in [0.05, 0.1) is 0 Å². The molecule has 1 rings (SSSR count). The molecule has 1 aromatic rings. The molecule has 0 saturated carbocycles. The molecular formula is C16H27BrN2. The molecule has 0 heterocycles. The van der Waals surface area contributed by atoms with Crippen molar-refractivity contribution >= 4 is 15.9 Å². The number of nitrogens with zero attached hydrogens (tertiary/aromatic N) is 1. The second-order valence-electron chi connectivity index (χ2n) is 5.17. The Morgan fingerprint density at radius 1 is 1.05 bits per heavy atom. The van der Waals surface area contributed by atoms with Crippen LogP contribution in [-0.4, -0.2) is 31.6 Å². The van der Waals surface area contributed by atoms with Gasteiger partial charge in [-0.2, -0.15) is 0 Å². The Kier molecular flexibility index (Phi) is 9.14. The second-order valence-corrected chi connectivity index (χ2v) is 6.09. The van der Waals surface area contributed by atoms with Crippen LogP contribution >= 0.6 is 15.9 Å². The van der Waals surface area contributed by atoms with E-state index in [-0.39, 0.29) is 0 Å². The zero-order chi connectivity index (χ0) is 13.9. The van der Waals surface area contributed by atoms with Crippen molar-refractivity contribution in [3.8, 4) is 0 Å². The van der Waals surface area contributed by atoms with Crippen LogP contribution in [0.2, 0.25) is 0 Å². The van der Waals surface area contributed by atoms with E-state index in [1.807, 2.05) is 0 Å². The molecule has 0 unspecified atom stereocenters. The summed E-state index contributed by atoms with van der Waals surface area (Å²) in [7, 11) is 2.18. The number of nitrogens with one attached hydrogen (secondary N) is 1. The number of hydrogen-bond donors (Lipinski definition) is 1. The predicted octanol–water partition coefficient (Wildman–Crippen LogP) is 4.05. The number of likely N-dealkylation sites (N-methyl/N-ethyl adjacent to an activating group) is 1. The van der Waals surface area contributed by atoms with Gasteiger partial charge in [-0.3, -0.25) is 0 Å². The molecule has 1 aromatic carbocycles. The lowest BCUT2D eigenvalue weighted by Crippen LogP contribution is -2.29. The van der Waals surface area contributed by atoms with Crippen LogP contribution in [0.15, 0.2) is 28.7 Å². The van der Waals surface area contributed by atoms with Crippen LogP contribution in [0.25, 0.3) is 0 Å². The molecule has 0 aliphatic rings. The van der Waals surface area contributed by atoms with Gasteiger partial charge in [0.25, 0.3) is 0 Å². The molecule has 19 heavy (non-hydrogen) atoms. The van der Waals surface area contributed by atoms with Crippen LogP contribution in [0.3, 0.4) is 0 Å². The van der Waals surface area contributed by atoms with E-state index in [1.54, 1.807) is 0 Å². The number of unbranched alkanes of at least 4 members (excludes halogenated alkanes) is 3. The minimum Gasteiger partial charge on any atom is -0.315 e. The first-order valence-electron chi connectivity index (χ1n) is 7.36. The quantitative estimate of drug-likeness (QED) is 0.652. The normalized spacial score (nSPS) is 11.2. The Labute approximate surface area is 126 Å². The molecule has 0 fully saturated rings. The Morgan fingerprint density at radius 2 is 1.79 bits per heavy atom. The van der Waals surface area contributed by atoms with E-state index < -0.39 is 0 Å². The largest absolute Gasteiger partial charge is 0.315 e. The van der Waals surface area contributed by atoms with E-state index >= 15 is 0 Å². The lowest BCUT2D eigenvalue weighted by Gasteiger charge is -2.17. The van der Waals surface area contributed by atoms with Gasteiger partial charge >= 0.3 is 0 Å². The molecule has 2 nitrogen and oxygen atoms in total. The summed E-state index contributed by atoms with van der Waals surface area (Å²) in [6.45, 7) is 6.62. The SMILES string of the molecule is CCCCCCNCCN(C)Cc1ccc(Br)cc1. The molecule has 0 aromatic heterocycles. The smallest absolute Gasteiger partial charge is 0.0231 e. The Bertz CT molecular complexity index is 324. The summed E-state index contributed by atoms with van der Waals surface area (Å²) in [6.07, 6.45) is 5.35. The number of benzene rings is 1. The van der Waals surface area contributed by atoms with Gasteiger partial charge in [-0.15, -0.1) is 0 Å². The third kappa shape index (κ3) is 8.40. The van der Waals surface area contributed by atoms with E-state index in [9.17, 15) is 0 Å². The van der Waals surface area contributed by atoms with E-state index in [0.29, 0.717) is 0 Å². The van der Waals surface area contributed by atoms with Crippen LogP contribution in [0.5, 0.6) is 0 Å². The predicted molar refractivity (Wildman–Crippen MR) is 87.5 cm³/mol. The molecule has 1 N–H and O–H groups in total. The van der Waals surface area contributed by atoms with Gasteiger partial charge in [0, 0.05) is 24.1 Å². The Balaban J connectivity index is 2.04. The minimum atomic E-state index is 1.02. The lowest BCUT2D eigenvalue weighted by atomic mass is 10.2. The minimum absolute atomic E-state index is 1.02. The Morgan fingerprint density at radius 3 is 2.47 bits per heavy atom. The molecule has 0 amide bonds. The van der Waals surface area contributed by atoms with E-state index in [1.165, 1.54) is 31.2 Å². The van der Waals surface area contributed by atoms with E-state index in [2.05, 4.69) is 64.4 Å². The maximum Gasteiger partial charge on any atom is 0.0231 e. The molecule has 0 spiro atoms. The van der Waals surface area contributed by atoms with Gasteiger partial charge in [-0.05, 0) is 37.7 Å². The van der Waals surface area contributed by atoms with Gasteiger partial charge in [0.15, 0.2) is 0 Å². The van der Waals surface area contributed by atoms with Crippen molar-refractivity contribution in [2.75, 3.05) is 26.7 Å². The van der Waals surface area contributed by atoms with Crippen LogP contribution in [-0.2, 0) is 6.54 Å². The maximum atomic E-state index is 3.52. The third-order valence-electron chi connectivity index (χ3n) is 3.24. The Hall–Kier alpha value is -0.380. The molecule has 108 valence electrons. The molecule has 3 heteroatoms. The van der Waals surface area contributed by atoms with E-state index in [0.717, 1.165) is 30.7 Å². The highest BCUT2D eigenvalue weighted by atomic mass is 79.9. The van der Waals surface area contributed by atoms with Gasteiger partial charge in [-0.1, -0.05) is 54.2 Å². The second kappa shape index (κ2) is 10.4. The van der Waals surface area contributed by atoms with Crippen molar-refractivity contribution in [2.45, 2.75) is 39.2 Å². The average Bonchev–Trinajstić information content (AvgIpc) is 2.40. The third-order valence-corrected chi connectivity index (χ3v) is 3.77. The first-order valence-corrected chi connectivity index (χ1v) is 8.15. The van der Waals surface area contributed by atoms with Crippen molar-refractivity contribution in [2.24, 2.45) is 0 Å². The van der Waals surface area contributed by atoms with Crippen molar-refractivity contribution in [1.29, 1.82) is 0 Å². The fraction of sp³-hybridized carbons (Fsp3) is 0.625. The van der Waals surface area contributed by atoms with Crippen LogP contribution in [0.1, 0.15) is 38.2 Å². The highest BCUT2D eigenvalue weighted by molar-refractivity contribution is 9.10. The summed E-state index contributed by atoms with van der Waals surface area (Å²) in [4.78, 5) is 2.36. The number of rotatable bonds is 10. The summed E-state index contributed by atoms with van der Waals surface area (Å²) < 4.78 is 1.15. The molecule has 0 atom stereocenters. The first-order chi connectivity index (χ1) is 9.22. The molecule has 0 bridgehead atoms. The van der Waals surface area contributed by atoms with Crippen LogP contribution in [0.4, 0.5) is 0 Å². The highest BCUT2D eigenvalue weighted by Gasteiger charge is 2.00. The van der Waals surface area contributed by atoms with E-state index in [4.69, 9.17) is 0 Å². The lowest BCUT2D eigenvalue weighted by molar-refractivity contribution is 0.324. The van der Waals surface area contributed by atoms with Crippen LogP contribution in [0, 0.1) is 0 Å². The zero-order valence-corrected chi connectivity index (χ0v) is 13.9. The zero-order valence-electron chi connectivity index (χ0n) is 12.3. The molecule has 0 radical (unpaired) electrons. The maximum absolute atomic E-state index is 3.52. The molecular weight excluding hydrogens is 300 g/mol. The van der Waals surface area contributed by atoms with Crippen molar-refractivity contribution in [3.05, 3.63) is 34.3 Å². The highest BCUT2D eigenvalue weighted by Crippen LogP contribution is 2.11. The fourth-order valence-electron chi connectivity index (χ4n) is 2.05. The first kappa shape index (κ1) is 16.7. The monoisotopic (exact) mass is 326 g/mol. The van der Waals surface area contributed by atoms with Gasteiger partial charge in [-0.25, -0.2) is 0 Å². The average molecular weight is 327 g/mol. The van der Waals surface area contributed by atoms with Gasteiger partial charge in [0.1, 0.15) is 0 Å². The standard InChI is InChI=1S/C16H27BrN2/c1-3-4-5-6-11-18-12-13-19(2)14-15-7-9-16(17)10-8-15/h7-10,18H,3-6,11-14H2,1-2H3. The topological polar surface area (TPSA) is 15.3 Å². The number of halogens is 1. The summed E-state index contributed by atoms with van der Waals surface area (Å²) in [5.41, 5.74) is 1.37. The van der Waals surface area contributed by atoms with Gasteiger partial charge in [0.2, 0.25) is 0 Å².